The first-order chi connectivity index (χ1) is 9.72. The average molecular weight is 285 g/mol. The third kappa shape index (κ3) is 2.65. The van der Waals surface area contributed by atoms with Crippen molar-refractivity contribution in [2.45, 2.75) is 6.42 Å². The van der Waals surface area contributed by atoms with Crippen molar-refractivity contribution in [3.05, 3.63) is 64.9 Å². The number of hydrogen-bond acceptors (Lipinski definition) is 3. The van der Waals surface area contributed by atoms with E-state index in [-0.39, 0.29) is 0 Å². The van der Waals surface area contributed by atoms with Crippen molar-refractivity contribution in [2.75, 3.05) is 5.73 Å². The Morgan fingerprint density at radius 1 is 1.05 bits per heavy atom. The number of nitrogens with one attached hydrogen (secondary N) is 1. The van der Waals surface area contributed by atoms with Crippen LogP contribution in [0.15, 0.2) is 48.5 Å². The van der Waals surface area contributed by atoms with Gasteiger partial charge in [0.2, 0.25) is 0 Å². The minimum Gasteiger partial charge on any atom is -0.399 e. The van der Waals surface area contributed by atoms with Gasteiger partial charge in [0.05, 0.1) is 5.02 Å². The number of nitrogens with two attached hydrogens (primary N) is 1. The molecule has 0 amide bonds. The summed E-state index contributed by atoms with van der Waals surface area (Å²) in [6.07, 6.45) is 0.678. The molecule has 0 fully saturated rings. The van der Waals surface area contributed by atoms with Crippen LogP contribution >= 0.6 is 11.6 Å². The number of benzene rings is 2. The number of rotatable bonds is 3. The van der Waals surface area contributed by atoms with Crippen LogP contribution < -0.4 is 5.73 Å². The van der Waals surface area contributed by atoms with Crippen LogP contribution in [0.2, 0.25) is 5.02 Å². The van der Waals surface area contributed by atoms with Gasteiger partial charge in [-0.25, -0.2) is 4.98 Å². The van der Waals surface area contributed by atoms with E-state index in [1.807, 2.05) is 48.5 Å². The molecular weight excluding hydrogens is 272 g/mol. The number of hydrogen-bond donors (Lipinski definition) is 2. The van der Waals surface area contributed by atoms with Gasteiger partial charge in [0, 0.05) is 17.7 Å². The van der Waals surface area contributed by atoms with E-state index in [4.69, 9.17) is 17.3 Å². The fourth-order valence-corrected chi connectivity index (χ4v) is 2.19. The predicted octanol–water partition coefficient (Wildman–Crippen LogP) is 3.30. The first-order valence-corrected chi connectivity index (χ1v) is 6.61. The van der Waals surface area contributed by atoms with Gasteiger partial charge in [-0.15, -0.1) is 0 Å². The van der Waals surface area contributed by atoms with Crippen LogP contribution in [0.1, 0.15) is 11.4 Å². The predicted molar refractivity (Wildman–Crippen MR) is 80.5 cm³/mol. The SMILES string of the molecule is Nc1ccc(Cc2nc(-c3ccccc3Cl)n[nH]2)cc1. The topological polar surface area (TPSA) is 67.6 Å². The second-order valence-corrected chi connectivity index (χ2v) is 4.91. The molecule has 5 heteroatoms. The Labute approximate surface area is 121 Å². The molecule has 0 aliphatic carbocycles. The Bertz CT molecular complexity index is 719. The van der Waals surface area contributed by atoms with Crippen molar-refractivity contribution in [3.8, 4) is 11.4 Å². The molecule has 0 unspecified atom stereocenters. The second kappa shape index (κ2) is 5.35. The maximum atomic E-state index is 6.14. The number of H-pyrrole nitrogens is 1. The quantitative estimate of drug-likeness (QED) is 0.725. The molecule has 0 aliphatic heterocycles. The van der Waals surface area contributed by atoms with Crippen molar-refractivity contribution in [3.63, 3.8) is 0 Å². The highest BCUT2D eigenvalue weighted by atomic mass is 35.5. The van der Waals surface area contributed by atoms with Crippen molar-refractivity contribution < 1.29 is 0 Å². The van der Waals surface area contributed by atoms with Crippen LogP contribution in [0.25, 0.3) is 11.4 Å². The average Bonchev–Trinajstić information content (AvgIpc) is 2.90. The number of aromatic amines is 1. The van der Waals surface area contributed by atoms with E-state index in [1.165, 1.54) is 0 Å². The summed E-state index contributed by atoms with van der Waals surface area (Å²) in [5.74, 6) is 1.41. The van der Waals surface area contributed by atoms with Crippen LogP contribution in [-0.2, 0) is 6.42 Å². The molecule has 0 radical (unpaired) electrons. The molecule has 0 spiro atoms. The fourth-order valence-electron chi connectivity index (χ4n) is 1.97. The van der Waals surface area contributed by atoms with Crippen molar-refractivity contribution in [2.24, 2.45) is 0 Å². The summed E-state index contributed by atoms with van der Waals surface area (Å²) in [5.41, 5.74) is 8.37. The fraction of sp³-hybridized carbons (Fsp3) is 0.0667. The maximum Gasteiger partial charge on any atom is 0.182 e. The molecule has 100 valence electrons. The summed E-state index contributed by atoms with van der Waals surface area (Å²) in [6.45, 7) is 0. The van der Waals surface area contributed by atoms with E-state index in [2.05, 4.69) is 15.2 Å². The minimum atomic E-state index is 0.612. The Balaban J connectivity index is 1.84. The van der Waals surface area contributed by atoms with Crippen LogP contribution in [0.5, 0.6) is 0 Å². The molecule has 20 heavy (non-hydrogen) atoms. The summed E-state index contributed by atoms with van der Waals surface area (Å²) < 4.78 is 0. The normalized spacial score (nSPS) is 10.7. The lowest BCUT2D eigenvalue weighted by atomic mass is 10.1. The van der Waals surface area contributed by atoms with Crippen molar-refractivity contribution in [1.29, 1.82) is 0 Å². The van der Waals surface area contributed by atoms with Gasteiger partial charge in [-0.1, -0.05) is 35.9 Å². The molecule has 0 saturated carbocycles. The molecule has 1 heterocycles. The standard InChI is InChI=1S/C15H13ClN4/c16-13-4-2-1-3-12(13)15-18-14(19-20-15)9-10-5-7-11(17)8-6-10/h1-8H,9,17H2,(H,18,19,20). The van der Waals surface area contributed by atoms with Gasteiger partial charge < -0.3 is 5.73 Å². The number of aromatic nitrogens is 3. The zero-order valence-corrected chi connectivity index (χ0v) is 11.4. The highest BCUT2D eigenvalue weighted by Gasteiger charge is 2.09. The highest BCUT2D eigenvalue weighted by molar-refractivity contribution is 6.33. The summed E-state index contributed by atoms with van der Waals surface area (Å²) in [6, 6.07) is 15.2. The Kier molecular flexibility index (Phi) is 3.39. The Morgan fingerprint density at radius 3 is 2.55 bits per heavy atom. The summed E-state index contributed by atoms with van der Waals surface area (Å²) in [7, 11) is 0. The number of nitrogens with zero attached hydrogens (tertiary/aromatic N) is 2. The molecule has 3 aromatic rings. The third-order valence-electron chi connectivity index (χ3n) is 3.00. The largest absolute Gasteiger partial charge is 0.399 e. The summed E-state index contributed by atoms with van der Waals surface area (Å²) in [5, 5.41) is 7.80. The van der Waals surface area contributed by atoms with Gasteiger partial charge in [-0.05, 0) is 29.8 Å². The van der Waals surface area contributed by atoms with Gasteiger partial charge in [0.25, 0.3) is 0 Å². The number of anilines is 1. The molecule has 2 aromatic carbocycles. The number of nitrogen functional groups attached to an aromatic ring is 1. The molecular formula is C15H13ClN4. The molecule has 0 bridgehead atoms. The zero-order valence-electron chi connectivity index (χ0n) is 10.7. The molecule has 0 atom stereocenters. The van der Waals surface area contributed by atoms with E-state index >= 15 is 0 Å². The molecule has 3 N–H and O–H groups in total. The van der Waals surface area contributed by atoms with Crippen LogP contribution in [0, 0.1) is 0 Å². The summed E-state index contributed by atoms with van der Waals surface area (Å²) in [4.78, 5) is 4.48. The summed E-state index contributed by atoms with van der Waals surface area (Å²) >= 11 is 6.14. The molecule has 4 nitrogen and oxygen atoms in total. The van der Waals surface area contributed by atoms with E-state index in [0.717, 1.165) is 22.6 Å². The van der Waals surface area contributed by atoms with Gasteiger partial charge in [-0.3, -0.25) is 5.10 Å². The lowest BCUT2D eigenvalue weighted by molar-refractivity contribution is 0.973. The Morgan fingerprint density at radius 2 is 1.80 bits per heavy atom. The van der Waals surface area contributed by atoms with Crippen molar-refractivity contribution >= 4 is 17.3 Å². The van der Waals surface area contributed by atoms with Gasteiger partial charge >= 0.3 is 0 Å². The monoisotopic (exact) mass is 284 g/mol. The smallest absolute Gasteiger partial charge is 0.182 e. The van der Waals surface area contributed by atoms with Crippen LogP contribution in [0.4, 0.5) is 5.69 Å². The number of halogens is 1. The second-order valence-electron chi connectivity index (χ2n) is 4.50. The van der Waals surface area contributed by atoms with Gasteiger partial charge in [0.1, 0.15) is 5.82 Å². The van der Waals surface area contributed by atoms with Crippen molar-refractivity contribution in [1.82, 2.24) is 15.2 Å². The molecule has 0 saturated heterocycles. The lowest BCUT2D eigenvalue weighted by Gasteiger charge is -1.99. The third-order valence-corrected chi connectivity index (χ3v) is 3.33. The van der Waals surface area contributed by atoms with Gasteiger partial charge in [-0.2, -0.15) is 5.10 Å². The Hall–Kier alpha value is -2.33. The van der Waals surface area contributed by atoms with E-state index in [9.17, 15) is 0 Å². The lowest BCUT2D eigenvalue weighted by Crippen LogP contribution is -1.92. The van der Waals surface area contributed by atoms with Crippen LogP contribution in [-0.4, -0.2) is 15.2 Å². The van der Waals surface area contributed by atoms with E-state index in [0.29, 0.717) is 17.3 Å². The molecule has 1 aromatic heterocycles. The van der Waals surface area contributed by atoms with E-state index in [1.54, 1.807) is 0 Å². The maximum absolute atomic E-state index is 6.14. The first-order valence-electron chi connectivity index (χ1n) is 6.23. The zero-order chi connectivity index (χ0) is 13.9. The molecule has 3 rings (SSSR count). The van der Waals surface area contributed by atoms with E-state index < -0.39 is 0 Å². The highest BCUT2D eigenvalue weighted by Crippen LogP contribution is 2.24. The minimum absolute atomic E-state index is 0.612. The van der Waals surface area contributed by atoms with Gasteiger partial charge in [0.15, 0.2) is 5.82 Å². The molecule has 0 aliphatic rings. The van der Waals surface area contributed by atoms with Crippen LogP contribution in [0.3, 0.4) is 0 Å². The first kappa shape index (κ1) is 12.7.